The highest BCUT2D eigenvalue weighted by Crippen LogP contribution is 2.33. The van der Waals surface area contributed by atoms with Crippen molar-refractivity contribution in [2.75, 3.05) is 6.61 Å². The lowest BCUT2D eigenvalue weighted by Crippen LogP contribution is -2.35. The first-order chi connectivity index (χ1) is 5.76. The van der Waals surface area contributed by atoms with Crippen LogP contribution in [0.15, 0.2) is 0 Å². The van der Waals surface area contributed by atoms with Gasteiger partial charge in [-0.25, -0.2) is 0 Å². The summed E-state index contributed by atoms with van der Waals surface area (Å²) in [5, 5.41) is 0. The van der Waals surface area contributed by atoms with Crippen LogP contribution in [0.1, 0.15) is 39.5 Å². The monoisotopic (exact) mass is 171 g/mol. The summed E-state index contributed by atoms with van der Waals surface area (Å²) in [6, 6.07) is 0.414. The first-order valence-electron chi connectivity index (χ1n) is 5.13. The second-order valence-corrected chi connectivity index (χ2v) is 3.82. The largest absolute Gasteiger partial charge is 0.378 e. The Morgan fingerprint density at radius 3 is 2.58 bits per heavy atom. The summed E-state index contributed by atoms with van der Waals surface area (Å²) in [5.74, 6) is 0.844. The van der Waals surface area contributed by atoms with E-state index in [9.17, 15) is 0 Å². The zero-order chi connectivity index (χ0) is 8.97. The predicted octanol–water partition coefficient (Wildman–Crippen LogP) is 1.93. The number of rotatable bonds is 5. The summed E-state index contributed by atoms with van der Waals surface area (Å²) >= 11 is 0. The summed E-state index contributed by atoms with van der Waals surface area (Å²) in [7, 11) is 0. The van der Waals surface area contributed by atoms with Gasteiger partial charge >= 0.3 is 0 Å². The molecule has 0 aromatic carbocycles. The van der Waals surface area contributed by atoms with Crippen LogP contribution in [-0.4, -0.2) is 18.8 Å². The molecular formula is C10H21NO. The van der Waals surface area contributed by atoms with Gasteiger partial charge in [0.05, 0.1) is 6.10 Å². The molecular weight excluding hydrogens is 150 g/mol. The van der Waals surface area contributed by atoms with Gasteiger partial charge in [0.25, 0.3) is 0 Å². The van der Waals surface area contributed by atoms with Gasteiger partial charge in [0.1, 0.15) is 0 Å². The Morgan fingerprint density at radius 1 is 1.42 bits per heavy atom. The minimum Gasteiger partial charge on any atom is -0.378 e. The van der Waals surface area contributed by atoms with Gasteiger partial charge in [-0.3, -0.25) is 0 Å². The Balaban J connectivity index is 2.01. The summed E-state index contributed by atoms with van der Waals surface area (Å²) < 4.78 is 5.48. The maximum absolute atomic E-state index is 5.86. The van der Waals surface area contributed by atoms with Crippen molar-refractivity contribution in [2.24, 2.45) is 11.7 Å². The van der Waals surface area contributed by atoms with E-state index in [1.54, 1.807) is 0 Å². The normalized spacial score (nSPS) is 31.2. The summed E-state index contributed by atoms with van der Waals surface area (Å²) in [4.78, 5) is 0. The number of ether oxygens (including phenoxy) is 1. The fourth-order valence-electron chi connectivity index (χ4n) is 1.83. The van der Waals surface area contributed by atoms with Crippen molar-refractivity contribution in [3.05, 3.63) is 0 Å². The van der Waals surface area contributed by atoms with E-state index in [1.165, 1.54) is 19.3 Å². The molecule has 2 heteroatoms. The molecule has 1 aliphatic rings. The van der Waals surface area contributed by atoms with E-state index in [2.05, 4.69) is 13.8 Å². The summed E-state index contributed by atoms with van der Waals surface area (Å²) in [5.41, 5.74) is 5.86. The van der Waals surface area contributed by atoms with Crippen LogP contribution in [0, 0.1) is 5.92 Å². The molecule has 0 aliphatic heterocycles. The molecule has 0 amide bonds. The zero-order valence-electron chi connectivity index (χ0n) is 8.25. The highest BCUT2D eigenvalue weighted by atomic mass is 16.5. The third kappa shape index (κ3) is 2.76. The molecule has 0 saturated heterocycles. The topological polar surface area (TPSA) is 35.2 Å². The molecule has 0 spiro atoms. The average molecular weight is 171 g/mol. The lowest BCUT2D eigenvalue weighted by molar-refractivity contribution is -0.0281. The Kier molecular flexibility index (Phi) is 4.02. The van der Waals surface area contributed by atoms with Crippen molar-refractivity contribution in [1.82, 2.24) is 0 Å². The van der Waals surface area contributed by atoms with Gasteiger partial charge in [0.15, 0.2) is 0 Å². The van der Waals surface area contributed by atoms with Gasteiger partial charge in [-0.15, -0.1) is 0 Å². The van der Waals surface area contributed by atoms with Crippen LogP contribution in [0.25, 0.3) is 0 Å². The zero-order valence-corrected chi connectivity index (χ0v) is 8.25. The van der Waals surface area contributed by atoms with E-state index in [0.717, 1.165) is 18.9 Å². The first-order valence-corrected chi connectivity index (χ1v) is 5.13. The van der Waals surface area contributed by atoms with E-state index < -0.39 is 0 Å². The maximum atomic E-state index is 5.86. The second-order valence-electron chi connectivity index (χ2n) is 3.82. The lowest BCUT2D eigenvalue weighted by Gasteiger charge is -2.36. The van der Waals surface area contributed by atoms with E-state index in [-0.39, 0.29) is 0 Å². The lowest BCUT2D eigenvalue weighted by atomic mass is 9.78. The summed E-state index contributed by atoms with van der Waals surface area (Å²) in [6.07, 6.45) is 5.32. The molecule has 1 atom stereocenters. The van der Waals surface area contributed by atoms with Crippen LogP contribution in [-0.2, 0) is 4.74 Å². The molecule has 0 radical (unpaired) electrons. The maximum Gasteiger partial charge on any atom is 0.0580 e. The third-order valence-corrected chi connectivity index (χ3v) is 2.76. The smallest absolute Gasteiger partial charge is 0.0580 e. The molecule has 1 fully saturated rings. The molecule has 0 aromatic heterocycles. The third-order valence-electron chi connectivity index (χ3n) is 2.76. The van der Waals surface area contributed by atoms with Crippen molar-refractivity contribution >= 4 is 0 Å². The van der Waals surface area contributed by atoms with Gasteiger partial charge in [-0.1, -0.05) is 6.92 Å². The quantitative estimate of drug-likeness (QED) is 0.686. The molecule has 0 bridgehead atoms. The van der Waals surface area contributed by atoms with E-state index in [4.69, 9.17) is 10.5 Å². The Morgan fingerprint density at radius 2 is 2.08 bits per heavy atom. The number of nitrogens with two attached hydrogens (primary N) is 1. The standard InChI is InChI=1S/C10H21NO/c1-3-9(11)5-8-6-10(7-8)12-4-2/h8-10H,3-7,11H2,1-2H3. The van der Waals surface area contributed by atoms with Crippen molar-refractivity contribution in [1.29, 1.82) is 0 Å². The van der Waals surface area contributed by atoms with Gasteiger partial charge in [-0.2, -0.15) is 0 Å². The molecule has 1 saturated carbocycles. The van der Waals surface area contributed by atoms with Crippen molar-refractivity contribution in [3.63, 3.8) is 0 Å². The van der Waals surface area contributed by atoms with Crippen LogP contribution < -0.4 is 5.73 Å². The van der Waals surface area contributed by atoms with Crippen LogP contribution >= 0.6 is 0 Å². The first kappa shape index (κ1) is 10.0. The molecule has 72 valence electrons. The van der Waals surface area contributed by atoms with Gasteiger partial charge in [0.2, 0.25) is 0 Å². The SMILES string of the molecule is CCOC1CC(CC(N)CC)C1. The van der Waals surface area contributed by atoms with E-state index >= 15 is 0 Å². The number of hydrogen-bond donors (Lipinski definition) is 1. The van der Waals surface area contributed by atoms with Gasteiger partial charge in [0, 0.05) is 12.6 Å². The highest BCUT2D eigenvalue weighted by Gasteiger charge is 2.29. The van der Waals surface area contributed by atoms with Crippen LogP contribution in [0.2, 0.25) is 0 Å². The molecule has 12 heavy (non-hydrogen) atoms. The Labute approximate surface area is 75.5 Å². The molecule has 1 aliphatic carbocycles. The fourth-order valence-corrected chi connectivity index (χ4v) is 1.83. The van der Waals surface area contributed by atoms with Gasteiger partial charge < -0.3 is 10.5 Å². The van der Waals surface area contributed by atoms with Crippen molar-refractivity contribution in [2.45, 2.75) is 51.7 Å². The van der Waals surface area contributed by atoms with Gasteiger partial charge in [-0.05, 0) is 38.5 Å². The molecule has 2 N–H and O–H groups in total. The van der Waals surface area contributed by atoms with E-state index in [0.29, 0.717) is 12.1 Å². The van der Waals surface area contributed by atoms with Crippen molar-refractivity contribution in [3.8, 4) is 0 Å². The predicted molar refractivity (Wildman–Crippen MR) is 51.0 cm³/mol. The summed E-state index contributed by atoms with van der Waals surface area (Å²) in [6.45, 7) is 5.08. The molecule has 0 heterocycles. The Hall–Kier alpha value is -0.0800. The average Bonchev–Trinajstić information content (AvgIpc) is 2.00. The fraction of sp³-hybridized carbons (Fsp3) is 1.00. The van der Waals surface area contributed by atoms with Crippen LogP contribution in [0.4, 0.5) is 0 Å². The molecule has 0 aromatic rings. The Bertz CT molecular complexity index is 121. The van der Waals surface area contributed by atoms with Crippen LogP contribution in [0.3, 0.4) is 0 Å². The second kappa shape index (κ2) is 4.83. The minimum atomic E-state index is 0.414. The molecule has 1 rings (SSSR count). The number of hydrogen-bond acceptors (Lipinski definition) is 2. The van der Waals surface area contributed by atoms with E-state index in [1.807, 2.05) is 0 Å². The highest BCUT2D eigenvalue weighted by molar-refractivity contribution is 4.82. The van der Waals surface area contributed by atoms with Crippen LogP contribution in [0.5, 0.6) is 0 Å². The van der Waals surface area contributed by atoms with Crippen molar-refractivity contribution < 1.29 is 4.74 Å². The molecule has 2 nitrogen and oxygen atoms in total. The minimum absolute atomic E-state index is 0.414. The molecule has 1 unspecified atom stereocenters.